The van der Waals surface area contributed by atoms with Crippen molar-refractivity contribution >= 4 is 5.69 Å². The SMILES string of the molecule is Nc1cnn(CC(O)CN2CCCO2)c1. The van der Waals surface area contributed by atoms with Crippen molar-refractivity contribution in [2.45, 2.75) is 19.1 Å². The number of β-amino-alcohol motifs (C(OH)–C–C–N with tert-alkyl or cyclic N) is 1. The molecule has 0 saturated carbocycles. The lowest BCUT2D eigenvalue weighted by atomic mass is 10.3. The van der Waals surface area contributed by atoms with Crippen LogP contribution in [0.25, 0.3) is 0 Å². The summed E-state index contributed by atoms with van der Waals surface area (Å²) in [6.45, 7) is 2.59. The first kappa shape index (κ1) is 10.4. The molecule has 0 radical (unpaired) electrons. The van der Waals surface area contributed by atoms with Gasteiger partial charge < -0.3 is 10.8 Å². The van der Waals surface area contributed by atoms with E-state index in [1.807, 2.05) is 0 Å². The van der Waals surface area contributed by atoms with Gasteiger partial charge in [0.1, 0.15) is 0 Å². The molecule has 0 bridgehead atoms. The number of aliphatic hydroxyl groups is 1. The van der Waals surface area contributed by atoms with Gasteiger partial charge in [0.2, 0.25) is 0 Å². The zero-order chi connectivity index (χ0) is 10.7. The van der Waals surface area contributed by atoms with Crippen molar-refractivity contribution in [1.82, 2.24) is 14.8 Å². The van der Waals surface area contributed by atoms with Crippen LogP contribution in [-0.4, -0.2) is 45.8 Å². The lowest BCUT2D eigenvalue weighted by Gasteiger charge is -2.17. The molecule has 0 amide bonds. The minimum atomic E-state index is -0.484. The lowest BCUT2D eigenvalue weighted by Crippen LogP contribution is -2.32. The molecule has 6 heteroatoms. The quantitative estimate of drug-likeness (QED) is 0.701. The molecule has 1 aliphatic rings. The summed E-state index contributed by atoms with van der Waals surface area (Å²) in [4.78, 5) is 5.29. The number of aliphatic hydroxyl groups excluding tert-OH is 1. The maximum Gasteiger partial charge on any atom is 0.0886 e. The second-order valence-corrected chi connectivity index (χ2v) is 3.72. The van der Waals surface area contributed by atoms with Gasteiger partial charge in [-0.25, -0.2) is 0 Å². The van der Waals surface area contributed by atoms with E-state index >= 15 is 0 Å². The second-order valence-electron chi connectivity index (χ2n) is 3.72. The monoisotopic (exact) mass is 212 g/mol. The standard InChI is InChI=1S/C9H16N4O2/c10-8-4-11-12(5-8)6-9(14)7-13-2-1-3-15-13/h4-5,9,14H,1-3,6-7,10H2. The number of anilines is 1. The van der Waals surface area contributed by atoms with Crippen LogP contribution in [0, 0.1) is 0 Å². The minimum absolute atomic E-state index is 0.442. The van der Waals surface area contributed by atoms with Crippen LogP contribution in [0.15, 0.2) is 12.4 Å². The molecule has 15 heavy (non-hydrogen) atoms. The Morgan fingerprint density at radius 2 is 2.47 bits per heavy atom. The van der Waals surface area contributed by atoms with Gasteiger partial charge in [-0.1, -0.05) is 0 Å². The van der Waals surface area contributed by atoms with Crippen molar-refractivity contribution in [3.63, 3.8) is 0 Å². The average Bonchev–Trinajstić information content (AvgIpc) is 2.77. The van der Waals surface area contributed by atoms with Crippen LogP contribution in [0.3, 0.4) is 0 Å². The number of nitrogens with two attached hydrogens (primary N) is 1. The number of nitrogens with zero attached hydrogens (tertiary/aromatic N) is 3. The second kappa shape index (κ2) is 4.61. The maximum atomic E-state index is 9.75. The Balaban J connectivity index is 1.78. The smallest absolute Gasteiger partial charge is 0.0886 e. The molecule has 3 N–H and O–H groups in total. The summed E-state index contributed by atoms with van der Waals surface area (Å²) in [7, 11) is 0. The van der Waals surface area contributed by atoms with E-state index in [1.165, 1.54) is 0 Å². The third-order valence-electron chi connectivity index (χ3n) is 2.29. The number of nitrogen functional groups attached to an aromatic ring is 1. The van der Waals surface area contributed by atoms with Crippen LogP contribution in [-0.2, 0) is 11.4 Å². The minimum Gasteiger partial charge on any atom is -0.396 e. The number of aromatic nitrogens is 2. The third-order valence-corrected chi connectivity index (χ3v) is 2.29. The van der Waals surface area contributed by atoms with Crippen molar-refractivity contribution in [2.75, 3.05) is 25.4 Å². The van der Waals surface area contributed by atoms with Crippen molar-refractivity contribution in [3.8, 4) is 0 Å². The zero-order valence-corrected chi connectivity index (χ0v) is 8.54. The van der Waals surface area contributed by atoms with Crippen LogP contribution in [0.2, 0.25) is 0 Å². The zero-order valence-electron chi connectivity index (χ0n) is 8.54. The van der Waals surface area contributed by atoms with Gasteiger partial charge in [-0.2, -0.15) is 10.2 Å². The summed E-state index contributed by atoms with van der Waals surface area (Å²) < 4.78 is 1.63. The topological polar surface area (TPSA) is 76.5 Å². The Morgan fingerprint density at radius 3 is 3.07 bits per heavy atom. The van der Waals surface area contributed by atoms with Crippen LogP contribution in [0.1, 0.15) is 6.42 Å². The molecule has 1 fully saturated rings. The fraction of sp³-hybridized carbons (Fsp3) is 0.667. The predicted molar refractivity (Wildman–Crippen MR) is 54.8 cm³/mol. The Morgan fingerprint density at radius 1 is 1.60 bits per heavy atom. The van der Waals surface area contributed by atoms with Crippen molar-refractivity contribution in [1.29, 1.82) is 0 Å². The van der Waals surface area contributed by atoms with E-state index < -0.39 is 6.10 Å². The molecule has 2 rings (SSSR count). The molecule has 6 nitrogen and oxygen atoms in total. The summed E-state index contributed by atoms with van der Waals surface area (Å²) in [5, 5.41) is 15.5. The van der Waals surface area contributed by atoms with Crippen molar-refractivity contribution in [3.05, 3.63) is 12.4 Å². The average molecular weight is 212 g/mol. The molecular weight excluding hydrogens is 196 g/mol. The first-order chi connectivity index (χ1) is 7.24. The van der Waals surface area contributed by atoms with E-state index in [0.717, 1.165) is 19.6 Å². The number of rotatable bonds is 4. The highest BCUT2D eigenvalue weighted by molar-refractivity contribution is 5.30. The largest absolute Gasteiger partial charge is 0.396 e. The number of hydrogen-bond donors (Lipinski definition) is 2. The van der Waals surface area contributed by atoms with Gasteiger partial charge in [0, 0.05) is 12.7 Å². The molecule has 1 aromatic rings. The molecule has 1 atom stereocenters. The molecular formula is C9H16N4O2. The van der Waals surface area contributed by atoms with E-state index in [4.69, 9.17) is 10.6 Å². The Bertz CT molecular complexity index is 309. The molecule has 1 unspecified atom stereocenters. The number of hydrogen-bond acceptors (Lipinski definition) is 5. The lowest BCUT2D eigenvalue weighted by molar-refractivity contribution is -0.129. The van der Waals surface area contributed by atoms with Crippen LogP contribution >= 0.6 is 0 Å². The molecule has 84 valence electrons. The molecule has 0 aliphatic carbocycles. The predicted octanol–water partition coefficient (Wildman–Crippen LogP) is -0.537. The molecule has 0 spiro atoms. The Kier molecular flexibility index (Phi) is 3.20. The van der Waals surface area contributed by atoms with Crippen molar-refractivity contribution < 1.29 is 9.94 Å². The van der Waals surface area contributed by atoms with Crippen LogP contribution in [0.4, 0.5) is 5.69 Å². The fourth-order valence-corrected chi connectivity index (χ4v) is 1.63. The fourth-order valence-electron chi connectivity index (χ4n) is 1.63. The number of hydroxylamine groups is 2. The first-order valence-corrected chi connectivity index (χ1v) is 5.08. The summed E-state index contributed by atoms with van der Waals surface area (Å²) in [6.07, 6.45) is 3.82. The van der Waals surface area contributed by atoms with Crippen LogP contribution < -0.4 is 5.73 Å². The highest BCUT2D eigenvalue weighted by Gasteiger charge is 2.17. The summed E-state index contributed by atoms with van der Waals surface area (Å²) in [5.74, 6) is 0. The molecule has 2 heterocycles. The van der Waals surface area contributed by atoms with Gasteiger partial charge in [-0.3, -0.25) is 9.52 Å². The van der Waals surface area contributed by atoms with E-state index in [-0.39, 0.29) is 0 Å². The van der Waals surface area contributed by atoms with Crippen molar-refractivity contribution in [2.24, 2.45) is 0 Å². The highest BCUT2D eigenvalue weighted by Crippen LogP contribution is 2.06. The first-order valence-electron chi connectivity index (χ1n) is 5.08. The molecule has 1 aliphatic heterocycles. The highest BCUT2D eigenvalue weighted by atomic mass is 16.7. The summed E-state index contributed by atoms with van der Waals surface area (Å²) in [6, 6.07) is 0. The Labute approximate surface area is 88.2 Å². The van der Waals surface area contributed by atoms with Gasteiger partial charge in [0.05, 0.1) is 37.7 Å². The van der Waals surface area contributed by atoms with Gasteiger partial charge in [0.25, 0.3) is 0 Å². The van der Waals surface area contributed by atoms with Gasteiger partial charge in [-0.05, 0) is 6.42 Å². The molecule has 1 aromatic heterocycles. The van der Waals surface area contributed by atoms with E-state index in [9.17, 15) is 5.11 Å². The summed E-state index contributed by atoms with van der Waals surface area (Å²) >= 11 is 0. The maximum absolute atomic E-state index is 9.75. The van der Waals surface area contributed by atoms with E-state index in [2.05, 4.69) is 5.10 Å². The normalized spacial score (nSPS) is 19.5. The van der Waals surface area contributed by atoms with Gasteiger partial charge in [-0.15, -0.1) is 0 Å². The van der Waals surface area contributed by atoms with Crippen LogP contribution in [0.5, 0.6) is 0 Å². The molecule has 1 saturated heterocycles. The molecule has 0 aromatic carbocycles. The summed E-state index contributed by atoms with van der Waals surface area (Å²) in [5.41, 5.74) is 6.13. The Hall–Kier alpha value is -1.11. The van der Waals surface area contributed by atoms with E-state index in [0.29, 0.717) is 18.8 Å². The third kappa shape index (κ3) is 2.92. The van der Waals surface area contributed by atoms with E-state index in [1.54, 1.807) is 22.1 Å². The van der Waals surface area contributed by atoms with Gasteiger partial charge in [0.15, 0.2) is 0 Å². The van der Waals surface area contributed by atoms with Gasteiger partial charge >= 0.3 is 0 Å².